The minimum Gasteiger partial charge on any atom is -0.347 e. The van der Waals surface area contributed by atoms with E-state index in [0.717, 1.165) is 12.1 Å². The van der Waals surface area contributed by atoms with Gasteiger partial charge in [-0.2, -0.15) is 26.3 Å². The summed E-state index contributed by atoms with van der Waals surface area (Å²) in [5, 5.41) is 4.37. The Kier molecular flexibility index (Phi) is 7.47. The minimum absolute atomic E-state index is 0.0486. The van der Waals surface area contributed by atoms with Gasteiger partial charge in [0, 0.05) is 12.1 Å². The number of hydrogen-bond acceptors (Lipinski definition) is 2. The van der Waals surface area contributed by atoms with Crippen LogP contribution >= 0.6 is 0 Å². The lowest BCUT2D eigenvalue weighted by atomic mass is 10.1. The number of aryl methyl sites for hydroxylation is 1. The standard InChI is InChI=1S/C20H18F6N2O2/c21-19(22,23)12-27-18(30)11-14-3-8-16(9-4-14)28-17(29)10-5-13-1-6-15(7-2-13)20(24,25)26/h1-4,6-9H,5,10-12H2,(H,27,30)(H,28,29). The van der Waals surface area contributed by atoms with Crippen LogP contribution in [0.15, 0.2) is 48.5 Å². The van der Waals surface area contributed by atoms with Crippen molar-refractivity contribution in [3.8, 4) is 0 Å². The van der Waals surface area contributed by atoms with E-state index in [4.69, 9.17) is 0 Å². The van der Waals surface area contributed by atoms with Crippen LogP contribution < -0.4 is 10.6 Å². The maximum atomic E-state index is 12.5. The molecule has 0 aliphatic heterocycles. The Bertz CT molecular complexity index is 859. The van der Waals surface area contributed by atoms with Gasteiger partial charge in [0.1, 0.15) is 6.54 Å². The van der Waals surface area contributed by atoms with Gasteiger partial charge in [0.2, 0.25) is 11.8 Å². The quantitative estimate of drug-likeness (QED) is 0.634. The summed E-state index contributed by atoms with van der Waals surface area (Å²) in [7, 11) is 0. The van der Waals surface area contributed by atoms with Gasteiger partial charge in [0.15, 0.2) is 0 Å². The van der Waals surface area contributed by atoms with Crippen LogP contribution in [0.5, 0.6) is 0 Å². The number of halogens is 6. The topological polar surface area (TPSA) is 58.2 Å². The number of carbonyl (C=O) groups is 2. The van der Waals surface area contributed by atoms with E-state index >= 15 is 0 Å². The summed E-state index contributed by atoms with van der Waals surface area (Å²) in [6.07, 6.45) is -8.84. The fourth-order valence-electron chi connectivity index (χ4n) is 2.49. The molecule has 0 aromatic heterocycles. The van der Waals surface area contributed by atoms with Gasteiger partial charge in [-0.3, -0.25) is 9.59 Å². The third kappa shape index (κ3) is 8.14. The van der Waals surface area contributed by atoms with E-state index in [-0.39, 0.29) is 25.2 Å². The van der Waals surface area contributed by atoms with Crippen molar-refractivity contribution in [1.82, 2.24) is 5.32 Å². The van der Waals surface area contributed by atoms with Crippen LogP contribution in [0.2, 0.25) is 0 Å². The molecule has 2 amide bonds. The number of amides is 2. The second-order valence-corrected chi connectivity index (χ2v) is 6.51. The van der Waals surface area contributed by atoms with Crippen LogP contribution in [0.1, 0.15) is 23.1 Å². The molecule has 10 heteroatoms. The van der Waals surface area contributed by atoms with Gasteiger partial charge in [-0.05, 0) is 41.8 Å². The summed E-state index contributed by atoms with van der Waals surface area (Å²) in [6.45, 7) is -1.40. The maximum Gasteiger partial charge on any atom is 0.416 e. The van der Waals surface area contributed by atoms with E-state index in [9.17, 15) is 35.9 Å². The average Bonchev–Trinajstić information content (AvgIpc) is 2.65. The highest BCUT2D eigenvalue weighted by Crippen LogP contribution is 2.29. The van der Waals surface area contributed by atoms with E-state index in [0.29, 0.717) is 16.8 Å². The fourth-order valence-corrected chi connectivity index (χ4v) is 2.49. The molecule has 2 rings (SSSR count). The van der Waals surface area contributed by atoms with Gasteiger partial charge < -0.3 is 10.6 Å². The Morgan fingerprint density at radius 1 is 0.767 bits per heavy atom. The number of benzene rings is 2. The van der Waals surface area contributed by atoms with Crippen LogP contribution in [0.25, 0.3) is 0 Å². The van der Waals surface area contributed by atoms with Gasteiger partial charge in [0.05, 0.1) is 12.0 Å². The van der Waals surface area contributed by atoms with E-state index in [2.05, 4.69) is 5.32 Å². The molecule has 0 spiro atoms. The summed E-state index contributed by atoms with van der Waals surface area (Å²) in [6, 6.07) is 10.5. The molecule has 162 valence electrons. The fraction of sp³-hybridized carbons (Fsp3) is 0.300. The second-order valence-electron chi connectivity index (χ2n) is 6.51. The van der Waals surface area contributed by atoms with Gasteiger partial charge in [0.25, 0.3) is 0 Å². The Morgan fingerprint density at radius 3 is 1.87 bits per heavy atom. The number of anilines is 1. The van der Waals surface area contributed by atoms with Crippen LogP contribution in [-0.2, 0) is 28.6 Å². The van der Waals surface area contributed by atoms with Crippen molar-refractivity contribution in [3.63, 3.8) is 0 Å². The molecule has 0 bridgehead atoms. The summed E-state index contributed by atoms with van der Waals surface area (Å²) in [5.41, 5.74) is 0.713. The normalized spacial score (nSPS) is 11.8. The molecule has 0 unspecified atom stereocenters. The number of nitrogens with one attached hydrogen (secondary N) is 2. The Labute approximate surface area is 168 Å². The average molecular weight is 432 g/mol. The summed E-state index contributed by atoms with van der Waals surface area (Å²) >= 11 is 0. The van der Waals surface area contributed by atoms with Crippen LogP contribution in [0, 0.1) is 0 Å². The number of hydrogen-bond donors (Lipinski definition) is 2. The first-order chi connectivity index (χ1) is 13.9. The Balaban J connectivity index is 1.79. The monoisotopic (exact) mass is 432 g/mol. The zero-order valence-corrected chi connectivity index (χ0v) is 15.5. The first-order valence-corrected chi connectivity index (χ1v) is 8.81. The van der Waals surface area contributed by atoms with Crippen molar-refractivity contribution in [2.75, 3.05) is 11.9 Å². The third-order valence-electron chi connectivity index (χ3n) is 4.01. The highest BCUT2D eigenvalue weighted by atomic mass is 19.4. The molecule has 0 saturated heterocycles. The molecule has 0 aliphatic rings. The molecule has 0 atom stereocenters. The lowest BCUT2D eigenvalue weighted by Gasteiger charge is -2.09. The van der Waals surface area contributed by atoms with Crippen molar-refractivity contribution in [3.05, 3.63) is 65.2 Å². The molecule has 2 N–H and O–H groups in total. The second kappa shape index (κ2) is 9.64. The predicted octanol–water partition coefficient (Wildman–Crippen LogP) is 4.50. The number of carbonyl (C=O) groups excluding carboxylic acids is 2. The molecular formula is C20H18F6N2O2. The number of alkyl halides is 6. The lowest BCUT2D eigenvalue weighted by molar-refractivity contribution is -0.138. The molecule has 0 radical (unpaired) electrons. The zero-order valence-electron chi connectivity index (χ0n) is 15.5. The molecule has 30 heavy (non-hydrogen) atoms. The third-order valence-corrected chi connectivity index (χ3v) is 4.01. The molecule has 2 aromatic rings. The van der Waals surface area contributed by atoms with Gasteiger partial charge >= 0.3 is 12.4 Å². The van der Waals surface area contributed by atoms with E-state index in [1.165, 1.54) is 36.4 Å². The smallest absolute Gasteiger partial charge is 0.347 e. The molecular weight excluding hydrogens is 414 g/mol. The van der Waals surface area contributed by atoms with Gasteiger partial charge in [-0.25, -0.2) is 0 Å². The Hall–Kier alpha value is -3.04. The largest absolute Gasteiger partial charge is 0.416 e. The van der Waals surface area contributed by atoms with Crippen LogP contribution in [0.3, 0.4) is 0 Å². The first kappa shape index (κ1) is 23.2. The van der Waals surface area contributed by atoms with Gasteiger partial charge in [-0.1, -0.05) is 24.3 Å². The van der Waals surface area contributed by atoms with Crippen molar-refractivity contribution in [2.45, 2.75) is 31.6 Å². The van der Waals surface area contributed by atoms with E-state index in [1.807, 2.05) is 0 Å². The summed E-state index contributed by atoms with van der Waals surface area (Å²) < 4.78 is 73.8. The first-order valence-electron chi connectivity index (χ1n) is 8.81. The lowest BCUT2D eigenvalue weighted by Crippen LogP contribution is -2.34. The Morgan fingerprint density at radius 2 is 1.33 bits per heavy atom. The van der Waals surface area contributed by atoms with E-state index in [1.54, 1.807) is 5.32 Å². The maximum absolute atomic E-state index is 12.5. The summed E-state index contributed by atoms with van der Waals surface area (Å²) in [5.74, 6) is -1.13. The predicted molar refractivity (Wildman–Crippen MR) is 97.6 cm³/mol. The van der Waals surface area contributed by atoms with Gasteiger partial charge in [-0.15, -0.1) is 0 Å². The SMILES string of the molecule is O=C(Cc1ccc(NC(=O)CCc2ccc(C(F)(F)F)cc2)cc1)NCC(F)(F)F. The molecule has 4 nitrogen and oxygen atoms in total. The number of rotatable bonds is 7. The van der Waals surface area contributed by atoms with Crippen LogP contribution in [0.4, 0.5) is 32.0 Å². The molecule has 0 heterocycles. The molecule has 0 fully saturated rings. The molecule has 0 saturated carbocycles. The molecule has 2 aromatic carbocycles. The zero-order chi connectivity index (χ0) is 22.4. The van der Waals surface area contributed by atoms with E-state index < -0.39 is 30.4 Å². The van der Waals surface area contributed by atoms with Crippen LogP contribution in [-0.4, -0.2) is 24.5 Å². The van der Waals surface area contributed by atoms with Crippen molar-refractivity contribution < 1.29 is 35.9 Å². The van der Waals surface area contributed by atoms with Crippen molar-refractivity contribution in [1.29, 1.82) is 0 Å². The summed E-state index contributed by atoms with van der Waals surface area (Å²) in [4.78, 5) is 23.5. The molecule has 0 aliphatic carbocycles. The highest BCUT2D eigenvalue weighted by Gasteiger charge is 2.30. The van der Waals surface area contributed by atoms with Crippen molar-refractivity contribution >= 4 is 17.5 Å². The minimum atomic E-state index is -4.48. The highest BCUT2D eigenvalue weighted by molar-refractivity contribution is 5.90. The van der Waals surface area contributed by atoms with Crippen molar-refractivity contribution in [2.24, 2.45) is 0 Å².